The van der Waals surface area contributed by atoms with Crippen molar-refractivity contribution in [2.24, 2.45) is 4.99 Å². The van der Waals surface area contributed by atoms with Crippen LogP contribution < -0.4 is 10.6 Å². The van der Waals surface area contributed by atoms with Crippen LogP contribution in [0, 0.1) is 0 Å². The number of furan rings is 1. The topological polar surface area (TPSA) is 74.6 Å². The molecule has 0 radical (unpaired) electrons. The molecular formula is C22H30N4O2. The Morgan fingerprint density at radius 3 is 2.79 bits per heavy atom. The highest BCUT2D eigenvalue weighted by Gasteiger charge is 2.04. The SMILES string of the molecule is CCOCCCN=C(NCCc1ccco1)NCCc1c[nH]c2ccccc12. The van der Waals surface area contributed by atoms with Crippen LogP contribution in [0.15, 0.2) is 58.3 Å². The normalized spacial score (nSPS) is 11.8. The van der Waals surface area contributed by atoms with Gasteiger partial charge in [0.15, 0.2) is 5.96 Å². The van der Waals surface area contributed by atoms with Crippen LogP contribution in [0.1, 0.15) is 24.7 Å². The first-order chi connectivity index (χ1) is 13.9. The molecule has 3 rings (SSSR count). The standard InChI is InChI=1S/C22H30N4O2/c1-2-27-15-6-12-23-22(25-14-11-19-7-5-16-28-19)24-13-10-18-17-26-21-9-4-3-8-20(18)21/h3-5,7-9,16-17,26H,2,6,10-15H2,1H3,(H2,23,24,25). The molecule has 0 unspecified atom stereocenters. The Kier molecular flexibility index (Phi) is 8.00. The van der Waals surface area contributed by atoms with Crippen molar-refractivity contribution in [3.8, 4) is 0 Å². The minimum absolute atomic E-state index is 0.739. The zero-order chi connectivity index (χ0) is 19.4. The highest BCUT2D eigenvalue weighted by Crippen LogP contribution is 2.17. The summed E-state index contributed by atoms with van der Waals surface area (Å²) in [5.74, 6) is 1.81. The van der Waals surface area contributed by atoms with Gasteiger partial charge in [0.25, 0.3) is 0 Å². The maximum atomic E-state index is 5.39. The number of aromatic nitrogens is 1. The van der Waals surface area contributed by atoms with Crippen LogP contribution in [-0.4, -0.2) is 43.8 Å². The number of nitrogens with zero attached hydrogens (tertiary/aromatic N) is 1. The van der Waals surface area contributed by atoms with Gasteiger partial charge in [-0.3, -0.25) is 4.99 Å². The van der Waals surface area contributed by atoms with Gasteiger partial charge in [0.05, 0.1) is 6.26 Å². The number of nitrogens with one attached hydrogen (secondary N) is 3. The molecule has 0 aliphatic heterocycles. The lowest BCUT2D eigenvalue weighted by atomic mass is 10.1. The van der Waals surface area contributed by atoms with E-state index in [-0.39, 0.29) is 0 Å². The number of guanidine groups is 1. The van der Waals surface area contributed by atoms with Crippen LogP contribution >= 0.6 is 0 Å². The van der Waals surface area contributed by atoms with Gasteiger partial charge < -0.3 is 24.8 Å². The summed E-state index contributed by atoms with van der Waals surface area (Å²) in [6.45, 7) is 5.84. The third-order valence-corrected chi connectivity index (χ3v) is 4.53. The maximum absolute atomic E-state index is 5.39. The van der Waals surface area contributed by atoms with Gasteiger partial charge in [-0.25, -0.2) is 0 Å². The van der Waals surface area contributed by atoms with Crippen molar-refractivity contribution in [2.75, 3.05) is 32.8 Å². The van der Waals surface area contributed by atoms with Gasteiger partial charge in [0.1, 0.15) is 5.76 Å². The van der Waals surface area contributed by atoms with Gasteiger partial charge in [0, 0.05) is 56.4 Å². The van der Waals surface area contributed by atoms with E-state index < -0.39 is 0 Å². The Morgan fingerprint density at radius 2 is 1.96 bits per heavy atom. The van der Waals surface area contributed by atoms with Crippen LogP contribution in [0.4, 0.5) is 0 Å². The minimum atomic E-state index is 0.739. The molecule has 0 saturated heterocycles. The second kappa shape index (κ2) is 11.2. The van der Waals surface area contributed by atoms with Crippen molar-refractivity contribution in [3.63, 3.8) is 0 Å². The average Bonchev–Trinajstić information content (AvgIpc) is 3.37. The molecule has 0 aliphatic rings. The van der Waals surface area contributed by atoms with Crippen molar-refractivity contribution in [3.05, 3.63) is 60.2 Å². The summed E-state index contributed by atoms with van der Waals surface area (Å²) in [4.78, 5) is 8.00. The molecule has 1 aromatic carbocycles. The number of benzene rings is 1. The molecule has 0 fully saturated rings. The Labute approximate surface area is 166 Å². The third-order valence-electron chi connectivity index (χ3n) is 4.53. The van der Waals surface area contributed by atoms with Crippen molar-refractivity contribution in [1.29, 1.82) is 0 Å². The number of ether oxygens (including phenoxy) is 1. The maximum Gasteiger partial charge on any atom is 0.191 e. The predicted molar refractivity (Wildman–Crippen MR) is 114 cm³/mol. The van der Waals surface area contributed by atoms with Crippen molar-refractivity contribution >= 4 is 16.9 Å². The van der Waals surface area contributed by atoms with Crippen LogP contribution in [0.25, 0.3) is 10.9 Å². The zero-order valence-electron chi connectivity index (χ0n) is 16.5. The number of aliphatic imine (C=N–C) groups is 1. The van der Waals surface area contributed by atoms with E-state index in [2.05, 4.69) is 51.1 Å². The molecule has 3 N–H and O–H groups in total. The summed E-state index contributed by atoms with van der Waals surface area (Å²) < 4.78 is 10.8. The van der Waals surface area contributed by atoms with Gasteiger partial charge in [-0.15, -0.1) is 0 Å². The monoisotopic (exact) mass is 382 g/mol. The van der Waals surface area contributed by atoms with Crippen molar-refractivity contribution in [2.45, 2.75) is 26.2 Å². The average molecular weight is 383 g/mol. The molecule has 0 saturated carbocycles. The molecule has 2 aromatic heterocycles. The van der Waals surface area contributed by atoms with E-state index in [0.29, 0.717) is 0 Å². The molecule has 2 heterocycles. The van der Waals surface area contributed by atoms with Crippen molar-refractivity contribution < 1.29 is 9.15 Å². The molecule has 0 amide bonds. The van der Waals surface area contributed by atoms with E-state index in [1.807, 2.05) is 19.1 Å². The second-order valence-corrected chi connectivity index (χ2v) is 6.57. The molecule has 0 spiro atoms. The Morgan fingerprint density at radius 1 is 1.11 bits per heavy atom. The van der Waals surface area contributed by atoms with Crippen LogP contribution in [0.3, 0.4) is 0 Å². The zero-order valence-corrected chi connectivity index (χ0v) is 16.5. The minimum Gasteiger partial charge on any atom is -0.469 e. The summed E-state index contributed by atoms with van der Waals surface area (Å²) in [7, 11) is 0. The number of hydrogen-bond acceptors (Lipinski definition) is 3. The first-order valence-electron chi connectivity index (χ1n) is 10.0. The third kappa shape index (κ3) is 6.16. The fourth-order valence-corrected chi connectivity index (χ4v) is 3.09. The van der Waals surface area contributed by atoms with E-state index in [4.69, 9.17) is 9.15 Å². The number of H-pyrrole nitrogens is 1. The first-order valence-corrected chi connectivity index (χ1v) is 10.0. The lowest BCUT2D eigenvalue weighted by Crippen LogP contribution is -2.39. The lowest BCUT2D eigenvalue weighted by Gasteiger charge is -2.12. The number of rotatable bonds is 11. The molecule has 0 atom stereocenters. The molecule has 0 aliphatic carbocycles. The van der Waals surface area contributed by atoms with Gasteiger partial charge >= 0.3 is 0 Å². The molecule has 150 valence electrons. The lowest BCUT2D eigenvalue weighted by molar-refractivity contribution is 0.146. The molecule has 0 bridgehead atoms. The van der Waals surface area contributed by atoms with E-state index >= 15 is 0 Å². The fourth-order valence-electron chi connectivity index (χ4n) is 3.09. The number of hydrogen-bond donors (Lipinski definition) is 3. The second-order valence-electron chi connectivity index (χ2n) is 6.57. The predicted octanol–water partition coefficient (Wildman–Crippen LogP) is 3.51. The van der Waals surface area contributed by atoms with E-state index in [1.54, 1.807) is 6.26 Å². The first kappa shape index (κ1) is 20.0. The highest BCUT2D eigenvalue weighted by atomic mass is 16.5. The number of fused-ring (bicyclic) bond motifs is 1. The van der Waals surface area contributed by atoms with E-state index in [0.717, 1.165) is 63.8 Å². The smallest absolute Gasteiger partial charge is 0.191 e. The Balaban J connectivity index is 1.49. The summed E-state index contributed by atoms with van der Waals surface area (Å²) in [6.07, 6.45) is 6.48. The number of para-hydroxylation sites is 1. The van der Waals surface area contributed by atoms with Crippen molar-refractivity contribution in [1.82, 2.24) is 15.6 Å². The van der Waals surface area contributed by atoms with Crippen LogP contribution in [0.2, 0.25) is 0 Å². The summed E-state index contributed by atoms with van der Waals surface area (Å²) in [6, 6.07) is 12.3. The van der Waals surface area contributed by atoms with Gasteiger partial charge in [-0.1, -0.05) is 18.2 Å². The molecule has 6 nitrogen and oxygen atoms in total. The quantitative estimate of drug-likeness (QED) is 0.270. The summed E-state index contributed by atoms with van der Waals surface area (Å²) in [5, 5.41) is 8.13. The molecule has 28 heavy (non-hydrogen) atoms. The highest BCUT2D eigenvalue weighted by molar-refractivity contribution is 5.83. The molecule has 6 heteroatoms. The van der Waals surface area contributed by atoms with E-state index in [9.17, 15) is 0 Å². The molecular weight excluding hydrogens is 352 g/mol. The van der Waals surface area contributed by atoms with Gasteiger partial charge in [-0.05, 0) is 43.5 Å². The summed E-state index contributed by atoms with van der Waals surface area (Å²) >= 11 is 0. The largest absolute Gasteiger partial charge is 0.469 e. The fraction of sp³-hybridized carbons (Fsp3) is 0.409. The van der Waals surface area contributed by atoms with Crippen LogP contribution in [0.5, 0.6) is 0 Å². The van der Waals surface area contributed by atoms with Gasteiger partial charge in [0.2, 0.25) is 0 Å². The van der Waals surface area contributed by atoms with Gasteiger partial charge in [-0.2, -0.15) is 0 Å². The van der Waals surface area contributed by atoms with Crippen LogP contribution in [-0.2, 0) is 17.6 Å². The number of aromatic amines is 1. The Bertz CT molecular complexity index is 839. The Hall–Kier alpha value is -2.73. The summed E-state index contributed by atoms with van der Waals surface area (Å²) in [5.41, 5.74) is 2.49. The molecule has 3 aromatic rings. The van der Waals surface area contributed by atoms with E-state index in [1.165, 1.54) is 16.5 Å².